The fourth-order valence-corrected chi connectivity index (χ4v) is 3.45. The molecule has 1 aromatic carbocycles. The van der Waals surface area contributed by atoms with Gasteiger partial charge in [0, 0.05) is 14.9 Å². The van der Waals surface area contributed by atoms with Gasteiger partial charge in [0.1, 0.15) is 5.51 Å². The molecule has 0 amide bonds. The van der Waals surface area contributed by atoms with Gasteiger partial charge in [-0.2, -0.15) is 0 Å². The molecule has 0 radical (unpaired) electrons. The van der Waals surface area contributed by atoms with Crippen molar-refractivity contribution in [2.24, 2.45) is 0 Å². The second-order valence-corrected chi connectivity index (χ2v) is 6.01. The van der Waals surface area contributed by atoms with E-state index in [2.05, 4.69) is 26.1 Å². The number of carbonyl (C=O) groups excluding carboxylic acids is 1. The Morgan fingerprint density at radius 2 is 2.31 bits per heavy atom. The Morgan fingerprint density at radius 3 is 2.88 bits per heavy atom. The summed E-state index contributed by atoms with van der Waals surface area (Å²) in [6, 6.07) is 5.64. The highest BCUT2D eigenvalue weighted by Crippen LogP contribution is 2.31. The fourth-order valence-electron chi connectivity index (χ4n) is 1.15. The standard InChI is InChI=1S/C10H7BrN2OS2/c1-6(14)8-3-2-7(4-9(8)11)16-10-13-12-5-15-10/h2-5H,1H3. The molecule has 0 aliphatic rings. The van der Waals surface area contributed by atoms with Crippen molar-refractivity contribution in [2.75, 3.05) is 0 Å². The summed E-state index contributed by atoms with van der Waals surface area (Å²) in [4.78, 5) is 12.3. The number of carbonyl (C=O) groups is 1. The number of aromatic nitrogens is 2. The van der Waals surface area contributed by atoms with Crippen LogP contribution >= 0.6 is 39.0 Å². The Morgan fingerprint density at radius 1 is 1.50 bits per heavy atom. The van der Waals surface area contributed by atoms with Gasteiger partial charge in [-0.3, -0.25) is 4.79 Å². The van der Waals surface area contributed by atoms with Crippen molar-refractivity contribution in [2.45, 2.75) is 16.2 Å². The van der Waals surface area contributed by atoms with E-state index in [1.807, 2.05) is 18.2 Å². The first-order valence-electron chi connectivity index (χ1n) is 4.41. The van der Waals surface area contributed by atoms with Crippen molar-refractivity contribution in [1.29, 1.82) is 0 Å². The summed E-state index contributed by atoms with van der Waals surface area (Å²) in [6.45, 7) is 1.55. The largest absolute Gasteiger partial charge is 0.294 e. The quantitative estimate of drug-likeness (QED) is 0.811. The van der Waals surface area contributed by atoms with Crippen LogP contribution in [0.25, 0.3) is 0 Å². The predicted molar refractivity (Wildman–Crippen MR) is 68.2 cm³/mol. The molecule has 1 aromatic heterocycles. The first-order chi connectivity index (χ1) is 7.66. The first-order valence-corrected chi connectivity index (χ1v) is 6.90. The van der Waals surface area contributed by atoms with E-state index in [1.165, 1.54) is 23.1 Å². The predicted octanol–water partition coefficient (Wildman–Crippen LogP) is 3.65. The molecule has 0 spiro atoms. The lowest BCUT2D eigenvalue weighted by molar-refractivity contribution is 0.101. The number of nitrogens with zero attached hydrogens (tertiary/aromatic N) is 2. The molecule has 2 rings (SSSR count). The van der Waals surface area contributed by atoms with Gasteiger partial charge in [-0.1, -0.05) is 39.0 Å². The van der Waals surface area contributed by atoms with E-state index in [0.29, 0.717) is 5.56 Å². The van der Waals surface area contributed by atoms with Gasteiger partial charge in [-0.05, 0) is 25.1 Å². The van der Waals surface area contributed by atoms with Gasteiger partial charge in [0.25, 0.3) is 0 Å². The van der Waals surface area contributed by atoms with Crippen molar-refractivity contribution in [3.8, 4) is 0 Å². The Kier molecular flexibility index (Phi) is 3.73. The lowest BCUT2D eigenvalue weighted by atomic mass is 10.2. The van der Waals surface area contributed by atoms with Gasteiger partial charge in [0.05, 0.1) is 0 Å². The molecule has 0 saturated carbocycles. The summed E-state index contributed by atoms with van der Waals surface area (Å²) in [5.74, 6) is 0.0549. The highest BCUT2D eigenvalue weighted by atomic mass is 79.9. The minimum atomic E-state index is 0.0549. The van der Waals surface area contributed by atoms with Crippen molar-refractivity contribution >= 4 is 44.8 Å². The summed E-state index contributed by atoms with van der Waals surface area (Å²) in [5, 5.41) is 7.72. The highest BCUT2D eigenvalue weighted by molar-refractivity contribution is 9.10. The summed E-state index contributed by atoms with van der Waals surface area (Å²) in [5.41, 5.74) is 2.39. The van der Waals surface area contributed by atoms with Crippen LogP contribution in [0.4, 0.5) is 0 Å². The topological polar surface area (TPSA) is 42.9 Å². The number of hydrogen-bond acceptors (Lipinski definition) is 5. The zero-order valence-electron chi connectivity index (χ0n) is 8.31. The maximum atomic E-state index is 11.2. The maximum absolute atomic E-state index is 11.2. The average molecular weight is 315 g/mol. The third-order valence-corrected chi connectivity index (χ3v) is 4.29. The third kappa shape index (κ3) is 2.69. The number of ketones is 1. The maximum Gasteiger partial charge on any atom is 0.178 e. The second-order valence-electron chi connectivity index (χ2n) is 3.00. The lowest BCUT2D eigenvalue weighted by Crippen LogP contribution is -1.93. The average Bonchev–Trinajstić information content (AvgIpc) is 2.70. The Labute approximate surface area is 109 Å². The van der Waals surface area contributed by atoms with Crippen LogP contribution in [0, 0.1) is 0 Å². The molecule has 0 fully saturated rings. The molecule has 3 nitrogen and oxygen atoms in total. The molecule has 82 valence electrons. The number of benzene rings is 1. The molecule has 6 heteroatoms. The minimum Gasteiger partial charge on any atom is -0.294 e. The van der Waals surface area contributed by atoms with Crippen LogP contribution in [0.5, 0.6) is 0 Å². The van der Waals surface area contributed by atoms with Crippen LogP contribution in [0.1, 0.15) is 17.3 Å². The van der Waals surface area contributed by atoms with E-state index in [9.17, 15) is 4.79 Å². The number of Topliss-reactive ketones (excluding diaryl/α,β-unsaturated/α-hetero) is 1. The van der Waals surface area contributed by atoms with Crippen molar-refractivity contribution in [3.63, 3.8) is 0 Å². The summed E-state index contributed by atoms with van der Waals surface area (Å²) in [7, 11) is 0. The number of hydrogen-bond donors (Lipinski definition) is 0. The molecule has 0 bridgehead atoms. The van der Waals surface area contributed by atoms with Gasteiger partial charge in [-0.15, -0.1) is 10.2 Å². The smallest absolute Gasteiger partial charge is 0.178 e. The molecule has 0 aliphatic carbocycles. The van der Waals surface area contributed by atoms with Gasteiger partial charge < -0.3 is 0 Å². The second kappa shape index (κ2) is 5.07. The lowest BCUT2D eigenvalue weighted by Gasteiger charge is -2.02. The Bertz CT molecular complexity index is 514. The number of rotatable bonds is 3. The molecule has 0 saturated heterocycles. The van der Waals surface area contributed by atoms with Crippen LogP contribution in [0.3, 0.4) is 0 Å². The SMILES string of the molecule is CC(=O)c1ccc(Sc2nncs2)cc1Br. The van der Waals surface area contributed by atoms with Crippen LogP contribution in [-0.4, -0.2) is 16.0 Å². The molecule has 1 heterocycles. The van der Waals surface area contributed by atoms with Crippen molar-refractivity contribution < 1.29 is 4.79 Å². The van der Waals surface area contributed by atoms with E-state index < -0.39 is 0 Å². The van der Waals surface area contributed by atoms with Crippen LogP contribution in [0.15, 0.2) is 37.4 Å². The molecule has 0 atom stereocenters. The van der Waals surface area contributed by atoms with E-state index in [-0.39, 0.29) is 5.78 Å². The molecular formula is C10H7BrN2OS2. The molecule has 2 aromatic rings. The third-order valence-electron chi connectivity index (χ3n) is 1.87. The molecule has 0 N–H and O–H groups in total. The number of halogens is 1. The van der Waals surface area contributed by atoms with E-state index >= 15 is 0 Å². The van der Waals surface area contributed by atoms with Gasteiger partial charge >= 0.3 is 0 Å². The zero-order valence-corrected chi connectivity index (χ0v) is 11.5. The molecule has 0 aliphatic heterocycles. The molecular weight excluding hydrogens is 308 g/mol. The molecule has 0 unspecified atom stereocenters. The summed E-state index contributed by atoms with van der Waals surface area (Å²) in [6.07, 6.45) is 0. The van der Waals surface area contributed by atoms with Crippen LogP contribution in [-0.2, 0) is 0 Å². The van der Waals surface area contributed by atoms with Gasteiger partial charge in [0.2, 0.25) is 0 Å². The van der Waals surface area contributed by atoms with Crippen LogP contribution < -0.4 is 0 Å². The monoisotopic (exact) mass is 314 g/mol. The van der Waals surface area contributed by atoms with Crippen molar-refractivity contribution in [3.05, 3.63) is 33.7 Å². The van der Waals surface area contributed by atoms with E-state index in [1.54, 1.807) is 12.4 Å². The highest BCUT2D eigenvalue weighted by Gasteiger charge is 2.07. The summed E-state index contributed by atoms with van der Waals surface area (Å²) < 4.78 is 1.71. The zero-order chi connectivity index (χ0) is 11.5. The first kappa shape index (κ1) is 11.8. The van der Waals surface area contributed by atoms with Crippen molar-refractivity contribution in [1.82, 2.24) is 10.2 Å². The van der Waals surface area contributed by atoms with Gasteiger partial charge in [-0.25, -0.2) is 0 Å². The Hall–Kier alpha value is -0.720. The Balaban J connectivity index is 2.24. The molecule has 16 heavy (non-hydrogen) atoms. The van der Waals surface area contributed by atoms with Crippen LogP contribution in [0.2, 0.25) is 0 Å². The van der Waals surface area contributed by atoms with E-state index in [0.717, 1.165) is 13.7 Å². The van der Waals surface area contributed by atoms with Gasteiger partial charge in [0.15, 0.2) is 10.1 Å². The van der Waals surface area contributed by atoms with E-state index in [4.69, 9.17) is 0 Å². The normalized spacial score (nSPS) is 10.4. The fraction of sp³-hybridized carbons (Fsp3) is 0.100. The summed E-state index contributed by atoms with van der Waals surface area (Å²) >= 11 is 6.41. The minimum absolute atomic E-state index is 0.0549.